The van der Waals surface area contributed by atoms with Gasteiger partial charge in [0.15, 0.2) is 6.10 Å². The first-order valence-electron chi connectivity index (χ1n) is 6.91. The molecular weight excluding hydrogens is 343 g/mol. The van der Waals surface area contributed by atoms with Gasteiger partial charge < -0.3 is 10.1 Å². The third-order valence-electron chi connectivity index (χ3n) is 3.18. The first-order valence-corrected chi connectivity index (χ1v) is 7.79. The molecule has 0 fully saturated rings. The van der Waals surface area contributed by atoms with Crippen LogP contribution in [-0.2, 0) is 15.7 Å². The number of hydrogen-bond donors (Lipinski definition) is 1. The van der Waals surface area contributed by atoms with Crippen LogP contribution >= 0.6 is 11.3 Å². The maximum absolute atomic E-state index is 12.5. The van der Waals surface area contributed by atoms with Gasteiger partial charge in [-0.05, 0) is 55.1 Å². The molecule has 2 aromatic rings. The Kier molecular flexibility index (Phi) is 5.28. The highest BCUT2D eigenvalue weighted by molar-refractivity contribution is 7.12. The average molecular weight is 357 g/mol. The second-order valence-electron chi connectivity index (χ2n) is 5.04. The van der Waals surface area contributed by atoms with Gasteiger partial charge in [-0.2, -0.15) is 13.2 Å². The number of anilines is 1. The van der Waals surface area contributed by atoms with E-state index < -0.39 is 29.7 Å². The number of halogens is 3. The lowest BCUT2D eigenvalue weighted by molar-refractivity contribution is -0.137. The van der Waals surface area contributed by atoms with Crippen LogP contribution in [0, 0.1) is 6.92 Å². The predicted molar refractivity (Wildman–Crippen MR) is 84.0 cm³/mol. The first kappa shape index (κ1) is 18.0. The van der Waals surface area contributed by atoms with Crippen molar-refractivity contribution in [1.29, 1.82) is 0 Å². The van der Waals surface area contributed by atoms with Crippen molar-refractivity contribution in [2.45, 2.75) is 26.1 Å². The van der Waals surface area contributed by atoms with Crippen molar-refractivity contribution in [3.8, 4) is 0 Å². The largest absolute Gasteiger partial charge is 0.448 e. The van der Waals surface area contributed by atoms with Gasteiger partial charge in [-0.3, -0.25) is 4.79 Å². The maximum Gasteiger partial charge on any atom is 0.416 e. The number of alkyl halides is 3. The zero-order valence-electron chi connectivity index (χ0n) is 12.8. The minimum Gasteiger partial charge on any atom is -0.448 e. The van der Waals surface area contributed by atoms with Crippen LogP contribution < -0.4 is 5.32 Å². The third kappa shape index (κ3) is 4.35. The molecule has 0 aliphatic rings. The number of esters is 1. The Morgan fingerprint density at radius 1 is 1.17 bits per heavy atom. The van der Waals surface area contributed by atoms with Gasteiger partial charge in [-0.1, -0.05) is 0 Å². The van der Waals surface area contributed by atoms with Crippen molar-refractivity contribution >= 4 is 28.9 Å². The highest BCUT2D eigenvalue weighted by Gasteiger charge is 2.30. The van der Waals surface area contributed by atoms with Gasteiger partial charge in [0, 0.05) is 5.69 Å². The van der Waals surface area contributed by atoms with Crippen LogP contribution in [0.3, 0.4) is 0 Å². The van der Waals surface area contributed by atoms with Gasteiger partial charge in [0.1, 0.15) is 4.88 Å². The Labute approximate surface area is 140 Å². The number of thiophene rings is 1. The second-order valence-corrected chi connectivity index (χ2v) is 5.96. The molecular formula is C16H14F3NO3S. The summed E-state index contributed by atoms with van der Waals surface area (Å²) in [6.45, 7) is 3.14. The Morgan fingerprint density at radius 2 is 1.79 bits per heavy atom. The highest BCUT2D eigenvalue weighted by atomic mass is 32.1. The van der Waals surface area contributed by atoms with Crippen molar-refractivity contribution in [3.05, 3.63) is 51.7 Å². The average Bonchev–Trinajstić information content (AvgIpc) is 2.93. The van der Waals surface area contributed by atoms with Crippen molar-refractivity contribution in [2.75, 3.05) is 5.32 Å². The van der Waals surface area contributed by atoms with Crippen LogP contribution in [0.1, 0.15) is 27.7 Å². The molecule has 1 amide bonds. The lowest BCUT2D eigenvalue weighted by atomic mass is 10.2. The maximum atomic E-state index is 12.5. The molecule has 0 unspecified atom stereocenters. The number of rotatable bonds is 4. The summed E-state index contributed by atoms with van der Waals surface area (Å²) in [6, 6.07) is 5.76. The number of aryl methyl sites for hydroxylation is 1. The van der Waals surface area contributed by atoms with Crippen molar-refractivity contribution in [2.24, 2.45) is 0 Å². The first-order chi connectivity index (χ1) is 11.2. The van der Waals surface area contributed by atoms with Gasteiger partial charge in [-0.25, -0.2) is 4.79 Å². The molecule has 1 aromatic heterocycles. The summed E-state index contributed by atoms with van der Waals surface area (Å²) in [7, 11) is 0. The fourth-order valence-electron chi connectivity index (χ4n) is 1.84. The molecule has 0 bridgehead atoms. The van der Waals surface area contributed by atoms with E-state index in [0.717, 1.165) is 29.8 Å². The van der Waals surface area contributed by atoms with E-state index in [4.69, 9.17) is 4.74 Å². The number of carbonyl (C=O) groups is 2. The standard InChI is InChI=1S/C16H14F3NO3S/c1-9-7-8-24-13(9)15(22)23-10(2)14(21)20-12-5-3-11(4-6-12)16(17,18)19/h3-8,10H,1-2H3,(H,20,21)/t10-/m1/s1. The summed E-state index contributed by atoms with van der Waals surface area (Å²) in [6.07, 6.45) is -5.52. The summed E-state index contributed by atoms with van der Waals surface area (Å²) in [5.74, 6) is -1.24. The van der Waals surface area contributed by atoms with Gasteiger partial charge in [0.25, 0.3) is 5.91 Å². The second kappa shape index (κ2) is 7.04. The van der Waals surface area contributed by atoms with Crippen molar-refractivity contribution in [3.63, 3.8) is 0 Å². The van der Waals surface area contributed by atoms with Gasteiger partial charge >= 0.3 is 12.1 Å². The molecule has 24 heavy (non-hydrogen) atoms. The quantitative estimate of drug-likeness (QED) is 0.832. The van der Waals surface area contributed by atoms with E-state index in [2.05, 4.69) is 5.32 Å². The highest BCUT2D eigenvalue weighted by Crippen LogP contribution is 2.29. The monoisotopic (exact) mass is 357 g/mol. The fourth-order valence-corrected chi connectivity index (χ4v) is 2.64. The van der Waals surface area contributed by atoms with Gasteiger partial charge in [0.05, 0.1) is 5.56 Å². The lowest BCUT2D eigenvalue weighted by Crippen LogP contribution is -2.30. The molecule has 0 spiro atoms. The van der Waals surface area contributed by atoms with E-state index in [1.807, 2.05) is 0 Å². The predicted octanol–water partition coefficient (Wildman–Crippen LogP) is 4.26. The van der Waals surface area contributed by atoms with Gasteiger partial charge in [0.2, 0.25) is 0 Å². The van der Waals surface area contributed by atoms with Crippen LogP contribution in [0.4, 0.5) is 18.9 Å². The minimum atomic E-state index is -4.44. The Hall–Kier alpha value is -2.35. The van der Waals surface area contributed by atoms with Crippen LogP contribution in [-0.4, -0.2) is 18.0 Å². The number of nitrogens with one attached hydrogen (secondary N) is 1. The van der Waals surface area contributed by atoms with E-state index in [0.29, 0.717) is 4.88 Å². The van der Waals surface area contributed by atoms with Crippen LogP contribution in [0.2, 0.25) is 0 Å². The molecule has 128 valence electrons. The molecule has 0 radical (unpaired) electrons. The Morgan fingerprint density at radius 3 is 2.29 bits per heavy atom. The van der Waals surface area contributed by atoms with E-state index in [1.165, 1.54) is 18.3 Å². The number of benzene rings is 1. The summed E-state index contributed by atoms with van der Waals surface area (Å²) in [5.41, 5.74) is 0.122. The van der Waals surface area contributed by atoms with E-state index >= 15 is 0 Å². The minimum absolute atomic E-state index is 0.184. The molecule has 4 nitrogen and oxygen atoms in total. The summed E-state index contributed by atoms with van der Waals surface area (Å²) in [5, 5.41) is 4.14. The van der Waals surface area contributed by atoms with E-state index in [-0.39, 0.29) is 5.69 Å². The zero-order valence-corrected chi connectivity index (χ0v) is 13.6. The van der Waals surface area contributed by atoms with Crippen molar-refractivity contribution < 1.29 is 27.5 Å². The number of amides is 1. The molecule has 8 heteroatoms. The molecule has 0 saturated heterocycles. The summed E-state index contributed by atoms with van der Waals surface area (Å²) < 4.78 is 42.5. The SMILES string of the molecule is Cc1ccsc1C(=O)O[C@H](C)C(=O)Nc1ccc(C(F)(F)F)cc1. The zero-order chi connectivity index (χ0) is 17.9. The topological polar surface area (TPSA) is 55.4 Å². The molecule has 1 aromatic carbocycles. The normalized spacial score (nSPS) is 12.5. The smallest absolute Gasteiger partial charge is 0.416 e. The Balaban J connectivity index is 1.96. The molecule has 0 aliphatic heterocycles. The fraction of sp³-hybridized carbons (Fsp3) is 0.250. The number of carbonyl (C=O) groups excluding carboxylic acids is 2. The number of hydrogen-bond acceptors (Lipinski definition) is 4. The molecule has 1 N–H and O–H groups in total. The lowest BCUT2D eigenvalue weighted by Gasteiger charge is -2.14. The van der Waals surface area contributed by atoms with E-state index in [1.54, 1.807) is 18.4 Å². The molecule has 0 saturated carbocycles. The van der Waals surface area contributed by atoms with Crippen LogP contribution in [0.25, 0.3) is 0 Å². The summed E-state index contributed by atoms with van der Waals surface area (Å²) >= 11 is 1.21. The van der Waals surface area contributed by atoms with Crippen molar-refractivity contribution in [1.82, 2.24) is 0 Å². The molecule has 1 heterocycles. The van der Waals surface area contributed by atoms with Crippen LogP contribution in [0.5, 0.6) is 0 Å². The van der Waals surface area contributed by atoms with Gasteiger partial charge in [-0.15, -0.1) is 11.3 Å². The summed E-state index contributed by atoms with van der Waals surface area (Å²) in [4.78, 5) is 24.3. The van der Waals surface area contributed by atoms with Crippen LogP contribution in [0.15, 0.2) is 35.7 Å². The molecule has 2 rings (SSSR count). The molecule has 1 atom stereocenters. The molecule has 0 aliphatic carbocycles. The third-order valence-corrected chi connectivity index (χ3v) is 4.18. The number of ether oxygens (including phenoxy) is 1. The van der Waals surface area contributed by atoms with E-state index in [9.17, 15) is 22.8 Å². The Bertz CT molecular complexity index is 738.